The highest BCUT2D eigenvalue weighted by Gasteiger charge is 2.28. The van der Waals surface area contributed by atoms with Crippen molar-refractivity contribution in [2.45, 2.75) is 13.8 Å². The Morgan fingerprint density at radius 2 is 1.08 bits per heavy atom. The molecule has 0 bridgehead atoms. The third-order valence-corrected chi connectivity index (χ3v) is 6.27. The summed E-state index contributed by atoms with van der Waals surface area (Å²) < 4.78 is 10.8. The number of carbonyl (C=O) groups excluding carboxylic acids is 2. The van der Waals surface area contributed by atoms with Crippen molar-refractivity contribution in [3.05, 3.63) is 108 Å². The van der Waals surface area contributed by atoms with Crippen molar-refractivity contribution in [3.8, 4) is 33.4 Å². The molecule has 5 heteroatoms. The van der Waals surface area contributed by atoms with Crippen LogP contribution in [0.3, 0.4) is 0 Å². The fourth-order valence-electron chi connectivity index (χ4n) is 4.76. The Morgan fingerprint density at radius 1 is 0.622 bits per heavy atom. The van der Waals surface area contributed by atoms with E-state index < -0.39 is 11.9 Å². The van der Waals surface area contributed by atoms with E-state index in [0.717, 1.165) is 33.4 Å². The number of rotatable bonds is 7. The topological polar surface area (TPSA) is 68.4 Å². The van der Waals surface area contributed by atoms with E-state index in [9.17, 15) is 9.59 Å². The van der Waals surface area contributed by atoms with Crippen LogP contribution in [0.25, 0.3) is 44.2 Å². The Kier molecular flexibility index (Phi) is 6.86. The minimum Gasteiger partial charge on any atom is -0.461 e. The van der Waals surface area contributed by atoms with Crippen LogP contribution in [0, 0.1) is 0 Å². The van der Waals surface area contributed by atoms with Crippen LogP contribution in [-0.4, -0.2) is 30.1 Å². The van der Waals surface area contributed by atoms with E-state index in [4.69, 9.17) is 9.47 Å². The van der Waals surface area contributed by atoms with Crippen molar-refractivity contribution in [2.24, 2.45) is 0 Å². The lowest BCUT2D eigenvalue weighted by Crippen LogP contribution is -2.08. The Labute approximate surface area is 215 Å². The van der Waals surface area contributed by atoms with Crippen LogP contribution in [0.2, 0.25) is 0 Å². The number of fused-ring (bicyclic) bond motifs is 1. The first kappa shape index (κ1) is 24.1. The summed E-state index contributed by atoms with van der Waals surface area (Å²) in [4.78, 5) is 29.4. The van der Waals surface area contributed by atoms with Gasteiger partial charge in [0.05, 0.1) is 13.2 Å². The number of nitrogens with one attached hydrogen (secondary N) is 1. The van der Waals surface area contributed by atoms with Crippen LogP contribution in [-0.2, 0) is 9.47 Å². The third kappa shape index (κ3) is 4.52. The Hall–Kier alpha value is -4.64. The second kappa shape index (κ2) is 10.5. The number of aromatic nitrogens is 1. The van der Waals surface area contributed by atoms with Crippen LogP contribution >= 0.6 is 0 Å². The molecule has 0 unspecified atom stereocenters. The maximum absolute atomic E-state index is 13.2. The van der Waals surface area contributed by atoms with Gasteiger partial charge in [0, 0.05) is 16.3 Å². The van der Waals surface area contributed by atoms with E-state index in [0.29, 0.717) is 10.8 Å². The van der Waals surface area contributed by atoms with E-state index in [2.05, 4.69) is 17.1 Å². The fourth-order valence-corrected chi connectivity index (χ4v) is 4.76. The van der Waals surface area contributed by atoms with Gasteiger partial charge in [0.15, 0.2) is 0 Å². The zero-order valence-electron chi connectivity index (χ0n) is 20.8. The summed E-state index contributed by atoms with van der Waals surface area (Å²) in [7, 11) is 0. The number of benzene rings is 4. The van der Waals surface area contributed by atoms with Crippen LogP contribution in [0.1, 0.15) is 34.8 Å². The normalized spacial score (nSPS) is 10.9. The number of H-pyrrole nitrogens is 1. The molecule has 1 heterocycles. The van der Waals surface area contributed by atoms with Crippen molar-refractivity contribution in [3.63, 3.8) is 0 Å². The number of esters is 2. The highest BCUT2D eigenvalue weighted by molar-refractivity contribution is 6.21. The van der Waals surface area contributed by atoms with E-state index >= 15 is 0 Å². The molecule has 0 fully saturated rings. The second-order valence-electron chi connectivity index (χ2n) is 8.51. The third-order valence-electron chi connectivity index (χ3n) is 6.27. The molecule has 5 rings (SSSR count). The summed E-state index contributed by atoms with van der Waals surface area (Å²) in [5, 5.41) is 1.24. The molecule has 0 aliphatic rings. The summed E-state index contributed by atoms with van der Waals surface area (Å²) in [6.07, 6.45) is 0. The highest BCUT2D eigenvalue weighted by Crippen LogP contribution is 2.46. The van der Waals surface area contributed by atoms with Crippen LogP contribution in [0.5, 0.6) is 0 Å². The lowest BCUT2D eigenvalue weighted by molar-refractivity contribution is 0.0518. The molecule has 5 nitrogen and oxygen atoms in total. The minimum atomic E-state index is -0.522. The first-order chi connectivity index (χ1) is 18.1. The standard InChI is InChI=1S/C32H27NO4/c1-3-36-31(34)29-25-20-24(21-14-8-5-9-15-21)26(22-16-10-6-11-17-22)27(23-18-12-7-13-19-23)28(25)30(33-29)32(35)37-4-2/h5-20,33H,3-4H2,1-2H3. The first-order valence-electron chi connectivity index (χ1n) is 12.4. The molecule has 1 aromatic heterocycles. The SMILES string of the molecule is CCOC(=O)c1[nH]c(C(=O)OCC)c2c(-c3ccccc3)c(-c3ccccc3)c(-c3ccccc3)cc12. The lowest BCUT2D eigenvalue weighted by atomic mass is 9.84. The molecule has 0 aliphatic carbocycles. The van der Waals surface area contributed by atoms with E-state index in [1.807, 2.05) is 84.9 Å². The van der Waals surface area contributed by atoms with Crippen molar-refractivity contribution < 1.29 is 19.1 Å². The highest BCUT2D eigenvalue weighted by atomic mass is 16.5. The Morgan fingerprint density at radius 3 is 1.59 bits per heavy atom. The predicted molar refractivity (Wildman–Crippen MR) is 147 cm³/mol. The van der Waals surface area contributed by atoms with E-state index in [1.54, 1.807) is 13.8 Å². The molecule has 0 atom stereocenters. The molecule has 184 valence electrons. The van der Waals surface area contributed by atoms with E-state index in [1.165, 1.54) is 0 Å². The van der Waals surface area contributed by atoms with Gasteiger partial charge in [-0.2, -0.15) is 0 Å². The number of hydrogen-bond donors (Lipinski definition) is 1. The van der Waals surface area contributed by atoms with E-state index in [-0.39, 0.29) is 24.6 Å². The van der Waals surface area contributed by atoms with Gasteiger partial charge in [-0.15, -0.1) is 0 Å². The summed E-state index contributed by atoms with van der Waals surface area (Å²) in [5.41, 5.74) is 6.13. The summed E-state index contributed by atoms with van der Waals surface area (Å²) in [6.45, 7) is 3.94. The van der Waals surface area contributed by atoms with Crippen molar-refractivity contribution in [1.82, 2.24) is 4.98 Å². The average molecular weight is 490 g/mol. The second-order valence-corrected chi connectivity index (χ2v) is 8.51. The molecule has 0 saturated heterocycles. The van der Waals surface area contributed by atoms with Gasteiger partial charge >= 0.3 is 11.9 Å². The molecule has 0 spiro atoms. The molecule has 0 saturated carbocycles. The smallest absolute Gasteiger partial charge is 0.355 e. The van der Waals surface area contributed by atoms with Gasteiger partial charge in [0.2, 0.25) is 0 Å². The molecule has 1 N–H and O–H groups in total. The quantitative estimate of drug-likeness (QED) is 0.240. The van der Waals surface area contributed by atoms with Crippen LogP contribution in [0.4, 0.5) is 0 Å². The summed E-state index contributed by atoms with van der Waals surface area (Å²) in [5.74, 6) is -1.04. The van der Waals surface area contributed by atoms with Crippen LogP contribution in [0.15, 0.2) is 97.1 Å². The van der Waals surface area contributed by atoms with Gasteiger partial charge < -0.3 is 14.5 Å². The molecule has 0 aliphatic heterocycles. The lowest BCUT2D eigenvalue weighted by Gasteiger charge is -2.19. The predicted octanol–water partition coefficient (Wildman–Crippen LogP) is 7.52. The van der Waals surface area contributed by atoms with Gasteiger partial charge in [-0.1, -0.05) is 91.0 Å². The molecular weight excluding hydrogens is 462 g/mol. The first-order valence-corrected chi connectivity index (χ1v) is 12.4. The zero-order chi connectivity index (χ0) is 25.8. The molecular formula is C32H27NO4. The monoisotopic (exact) mass is 489 g/mol. The Bertz CT molecular complexity index is 1560. The van der Waals surface area contributed by atoms with Crippen molar-refractivity contribution >= 4 is 22.7 Å². The maximum atomic E-state index is 13.2. The molecule has 5 aromatic rings. The summed E-state index contributed by atoms with van der Waals surface area (Å²) in [6, 6.07) is 32.0. The minimum absolute atomic E-state index is 0.211. The molecule has 0 amide bonds. The zero-order valence-corrected chi connectivity index (χ0v) is 20.8. The number of hydrogen-bond acceptors (Lipinski definition) is 4. The summed E-state index contributed by atoms with van der Waals surface area (Å²) >= 11 is 0. The van der Waals surface area contributed by atoms with Crippen molar-refractivity contribution in [2.75, 3.05) is 13.2 Å². The molecule has 37 heavy (non-hydrogen) atoms. The van der Waals surface area contributed by atoms with Crippen LogP contribution < -0.4 is 0 Å². The van der Waals surface area contributed by atoms with Gasteiger partial charge in [0.25, 0.3) is 0 Å². The van der Waals surface area contributed by atoms with Gasteiger partial charge in [0.1, 0.15) is 11.4 Å². The number of carbonyl (C=O) groups is 2. The Balaban J connectivity index is 2.01. The number of aromatic amines is 1. The average Bonchev–Trinajstić information content (AvgIpc) is 3.33. The largest absolute Gasteiger partial charge is 0.461 e. The van der Waals surface area contributed by atoms with Gasteiger partial charge in [-0.25, -0.2) is 9.59 Å². The molecule has 0 radical (unpaired) electrons. The van der Waals surface area contributed by atoms with Gasteiger partial charge in [-0.05, 0) is 47.7 Å². The van der Waals surface area contributed by atoms with Crippen molar-refractivity contribution in [1.29, 1.82) is 0 Å². The van der Waals surface area contributed by atoms with Gasteiger partial charge in [-0.3, -0.25) is 0 Å². The fraction of sp³-hybridized carbons (Fsp3) is 0.125. The number of ether oxygens (including phenoxy) is 2. The maximum Gasteiger partial charge on any atom is 0.355 e. The molecule has 4 aromatic carbocycles.